The smallest absolute Gasteiger partial charge is 0.258 e. The Balaban J connectivity index is 1.65. The molecule has 0 radical (unpaired) electrons. The van der Waals surface area contributed by atoms with Gasteiger partial charge in [0.25, 0.3) is 5.91 Å². The van der Waals surface area contributed by atoms with Crippen LogP contribution in [0.15, 0.2) is 80.6 Å². The molecule has 0 spiro atoms. The highest BCUT2D eigenvalue weighted by atomic mass is 16.5. The predicted molar refractivity (Wildman–Crippen MR) is 109 cm³/mol. The van der Waals surface area contributed by atoms with E-state index in [0.717, 1.165) is 5.56 Å². The topological polar surface area (TPSA) is 81.7 Å². The molecule has 1 amide bonds. The average Bonchev–Trinajstić information content (AvgIpc) is 3.26. The third kappa shape index (κ3) is 4.06. The van der Waals surface area contributed by atoms with Crippen LogP contribution in [0.1, 0.15) is 11.3 Å². The Morgan fingerprint density at radius 3 is 2.66 bits per heavy atom. The van der Waals surface area contributed by atoms with Crippen molar-refractivity contribution >= 4 is 16.9 Å². The lowest BCUT2D eigenvalue weighted by atomic mass is 10.1. The first-order valence-corrected chi connectivity index (χ1v) is 9.16. The van der Waals surface area contributed by atoms with Crippen molar-refractivity contribution < 1.29 is 18.4 Å². The fourth-order valence-corrected chi connectivity index (χ4v) is 2.99. The molecule has 2 aromatic heterocycles. The number of benzene rings is 2. The van der Waals surface area contributed by atoms with Crippen LogP contribution in [0.3, 0.4) is 0 Å². The van der Waals surface area contributed by atoms with Gasteiger partial charge >= 0.3 is 0 Å². The number of ether oxygens (including phenoxy) is 1. The zero-order valence-electron chi connectivity index (χ0n) is 15.8. The normalized spacial score (nSPS) is 10.8. The van der Waals surface area contributed by atoms with E-state index in [-0.39, 0.29) is 30.2 Å². The van der Waals surface area contributed by atoms with Crippen LogP contribution in [-0.2, 0) is 11.3 Å². The number of rotatable bonds is 6. The van der Waals surface area contributed by atoms with Gasteiger partial charge in [0.1, 0.15) is 11.3 Å². The summed E-state index contributed by atoms with van der Waals surface area (Å²) in [5.74, 6) is 0.571. The maximum absolute atomic E-state index is 13.1. The first-order chi connectivity index (χ1) is 14.1. The summed E-state index contributed by atoms with van der Waals surface area (Å²) in [6, 6.07) is 18.1. The molecule has 6 heteroatoms. The molecule has 2 heterocycles. The van der Waals surface area contributed by atoms with Gasteiger partial charge in [0.2, 0.25) is 11.2 Å². The van der Waals surface area contributed by atoms with Gasteiger partial charge in [-0.25, -0.2) is 0 Å². The standard InChI is InChI=1S/C23H19NO5/c1-15-9-10-19-18(12-15)21(26)23(22(29-19)16-6-3-2-4-7-16)28-14-20(25)24-13-17-8-5-11-27-17/h2-12H,13-14H2,1H3,(H,24,25). The maximum Gasteiger partial charge on any atom is 0.258 e. The van der Waals surface area contributed by atoms with Gasteiger partial charge in [-0.3, -0.25) is 9.59 Å². The van der Waals surface area contributed by atoms with Crippen LogP contribution in [0.25, 0.3) is 22.3 Å². The van der Waals surface area contributed by atoms with E-state index in [0.29, 0.717) is 28.1 Å². The zero-order valence-corrected chi connectivity index (χ0v) is 15.8. The van der Waals surface area contributed by atoms with Gasteiger partial charge in [0.15, 0.2) is 12.4 Å². The van der Waals surface area contributed by atoms with E-state index in [1.54, 1.807) is 24.3 Å². The number of carbonyl (C=O) groups excluding carboxylic acids is 1. The number of carbonyl (C=O) groups is 1. The molecule has 0 unspecified atom stereocenters. The molecule has 29 heavy (non-hydrogen) atoms. The van der Waals surface area contributed by atoms with Crippen molar-refractivity contribution in [2.24, 2.45) is 0 Å². The summed E-state index contributed by atoms with van der Waals surface area (Å²) < 4.78 is 16.8. The number of furan rings is 1. The highest BCUT2D eigenvalue weighted by Gasteiger charge is 2.19. The van der Waals surface area contributed by atoms with Crippen LogP contribution in [0.4, 0.5) is 0 Å². The molecule has 6 nitrogen and oxygen atoms in total. The predicted octanol–water partition coefficient (Wildman–Crippen LogP) is 4.06. The van der Waals surface area contributed by atoms with Gasteiger partial charge < -0.3 is 18.9 Å². The molecule has 146 valence electrons. The number of amides is 1. The third-order valence-corrected chi connectivity index (χ3v) is 4.43. The van der Waals surface area contributed by atoms with Crippen molar-refractivity contribution in [1.82, 2.24) is 5.32 Å². The summed E-state index contributed by atoms with van der Waals surface area (Å²) in [6.45, 7) is 1.82. The molecule has 0 aliphatic rings. The molecule has 0 aliphatic heterocycles. The van der Waals surface area contributed by atoms with Crippen molar-refractivity contribution in [2.45, 2.75) is 13.5 Å². The van der Waals surface area contributed by atoms with E-state index in [9.17, 15) is 9.59 Å². The minimum absolute atomic E-state index is 0.0162. The Morgan fingerprint density at radius 2 is 1.90 bits per heavy atom. The lowest BCUT2D eigenvalue weighted by Crippen LogP contribution is -2.29. The Hall–Kier alpha value is -3.80. The highest BCUT2D eigenvalue weighted by molar-refractivity contribution is 5.83. The van der Waals surface area contributed by atoms with Crippen molar-refractivity contribution in [3.63, 3.8) is 0 Å². The van der Waals surface area contributed by atoms with E-state index < -0.39 is 0 Å². The Morgan fingerprint density at radius 1 is 1.07 bits per heavy atom. The fourth-order valence-electron chi connectivity index (χ4n) is 2.99. The van der Waals surface area contributed by atoms with E-state index in [1.165, 1.54) is 6.26 Å². The Labute approximate surface area is 166 Å². The summed E-state index contributed by atoms with van der Waals surface area (Å²) in [5, 5.41) is 3.10. The quantitative estimate of drug-likeness (QED) is 0.538. The molecule has 0 saturated heterocycles. The molecule has 4 rings (SSSR count). The first kappa shape index (κ1) is 18.6. The molecule has 4 aromatic rings. The number of hydrogen-bond donors (Lipinski definition) is 1. The molecule has 0 bridgehead atoms. The van der Waals surface area contributed by atoms with E-state index >= 15 is 0 Å². The van der Waals surface area contributed by atoms with Crippen LogP contribution in [0.5, 0.6) is 5.75 Å². The van der Waals surface area contributed by atoms with Gasteiger partial charge in [-0.1, -0.05) is 42.0 Å². The van der Waals surface area contributed by atoms with Crippen LogP contribution in [0, 0.1) is 6.92 Å². The second-order valence-corrected chi connectivity index (χ2v) is 6.60. The van der Waals surface area contributed by atoms with E-state index in [4.69, 9.17) is 13.6 Å². The average molecular weight is 389 g/mol. The molecule has 1 N–H and O–H groups in total. The molecule has 0 atom stereocenters. The van der Waals surface area contributed by atoms with Crippen molar-refractivity contribution in [3.05, 3.63) is 88.5 Å². The Kier molecular flexibility index (Phi) is 5.16. The largest absolute Gasteiger partial charge is 0.476 e. The van der Waals surface area contributed by atoms with Crippen molar-refractivity contribution in [1.29, 1.82) is 0 Å². The fraction of sp³-hybridized carbons (Fsp3) is 0.130. The van der Waals surface area contributed by atoms with Crippen LogP contribution >= 0.6 is 0 Å². The van der Waals surface area contributed by atoms with E-state index in [2.05, 4.69) is 5.32 Å². The SMILES string of the molecule is Cc1ccc2oc(-c3ccccc3)c(OCC(=O)NCc3ccco3)c(=O)c2c1. The summed E-state index contributed by atoms with van der Waals surface area (Å²) >= 11 is 0. The second-order valence-electron chi connectivity index (χ2n) is 6.60. The van der Waals surface area contributed by atoms with Gasteiger partial charge in [-0.05, 0) is 31.2 Å². The molecule has 2 aromatic carbocycles. The lowest BCUT2D eigenvalue weighted by molar-refractivity contribution is -0.123. The molecule has 0 fully saturated rings. The van der Waals surface area contributed by atoms with Gasteiger partial charge in [-0.2, -0.15) is 0 Å². The van der Waals surface area contributed by atoms with Crippen LogP contribution < -0.4 is 15.5 Å². The second kappa shape index (κ2) is 8.06. The van der Waals surface area contributed by atoms with Gasteiger partial charge in [0.05, 0.1) is 18.2 Å². The highest BCUT2D eigenvalue weighted by Crippen LogP contribution is 2.31. The van der Waals surface area contributed by atoms with E-state index in [1.807, 2.05) is 43.3 Å². The summed E-state index contributed by atoms with van der Waals surface area (Å²) in [7, 11) is 0. The third-order valence-electron chi connectivity index (χ3n) is 4.43. The van der Waals surface area contributed by atoms with Crippen molar-refractivity contribution in [2.75, 3.05) is 6.61 Å². The summed E-state index contributed by atoms with van der Waals surface area (Å²) in [4.78, 5) is 25.3. The lowest BCUT2D eigenvalue weighted by Gasteiger charge is -2.12. The number of hydrogen-bond acceptors (Lipinski definition) is 5. The molecular weight excluding hydrogens is 370 g/mol. The summed E-state index contributed by atoms with van der Waals surface area (Å²) in [6.07, 6.45) is 1.53. The maximum atomic E-state index is 13.1. The zero-order chi connectivity index (χ0) is 20.2. The number of aryl methyl sites for hydroxylation is 1. The minimum Gasteiger partial charge on any atom is -0.476 e. The minimum atomic E-state index is -0.371. The number of fused-ring (bicyclic) bond motifs is 1. The van der Waals surface area contributed by atoms with Gasteiger partial charge in [0, 0.05) is 5.56 Å². The van der Waals surface area contributed by atoms with Crippen LogP contribution in [0.2, 0.25) is 0 Å². The molecule has 0 aliphatic carbocycles. The molecular formula is C23H19NO5. The first-order valence-electron chi connectivity index (χ1n) is 9.16. The molecule has 0 saturated carbocycles. The van der Waals surface area contributed by atoms with Crippen LogP contribution in [-0.4, -0.2) is 12.5 Å². The summed E-state index contributed by atoms with van der Waals surface area (Å²) in [5.41, 5.74) is 1.78. The van der Waals surface area contributed by atoms with Gasteiger partial charge in [-0.15, -0.1) is 0 Å². The Bertz CT molecular complexity index is 1190. The number of nitrogens with one attached hydrogen (secondary N) is 1. The monoisotopic (exact) mass is 389 g/mol. The van der Waals surface area contributed by atoms with Crippen molar-refractivity contribution in [3.8, 4) is 17.1 Å².